The van der Waals surface area contributed by atoms with Gasteiger partial charge in [-0.1, -0.05) is 40.9 Å². The molecule has 0 fully saturated rings. The van der Waals surface area contributed by atoms with E-state index in [0.717, 1.165) is 11.3 Å². The molecule has 0 aliphatic carbocycles. The fraction of sp³-hybridized carbons (Fsp3) is 0.133. The average Bonchev–Trinajstić information content (AvgIpc) is 2.38. The molecule has 0 aliphatic heterocycles. The van der Waals surface area contributed by atoms with Gasteiger partial charge in [-0.25, -0.2) is 0 Å². The van der Waals surface area contributed by atoms with Crippen molar-refractivity contribution in [2.75, 3.05) is 7.11 Å². The Morgan fingerprint density at radius 2 is 1.63 bits per heavy atom. The smallest absolute Gasteiger partial charge is 0.156 e. The van der Waals surface area contributed by atoms with Crippen molar-refractivity contribution in [3.8, 4) is 5.75 Å². The highest BCUT2D eigenvalue weighted by atomic mass is 35.5. The first kappa shape index (κ1) is 13.9. The Morgan fingerprint density at radius 3 is 2.16 bits per heavy atom. The molecule has 2 aromatic rings. The molecule has 0 amide bonds. The fourth-order valence-corrected chi connectivity index (χ4v) is 2.29. The number of hydrogen-bond donors (Lipinski definition) is 0. The summed E-state index contributed by atoms with van der Waals surface area (Å²) in [6, 6.07) is 11.5. The molecule has 0 unspecified atom stereocenters. The van der Waals surface area contributed by atoms with E-state index >= 15 is 0 Å². The highest BCUT2D eigenvalue weighted by molar-refractivity contribution is 6.37. The Hall–Kier alpha value is -1.51. The number of hydrogen-bond acceptors (Lipinski definition) is 2. The Bertz CT molecular complexity index is 583. The molecule has 0 atom stereocenters. The van der Waals surface area contributed by atoms with E-state index in [0.29, 0.717) is 15.8 Å². The maximum Gasteiger partial charge on any atom is 0.156 e. The minimum Gasteiger partial charge on any atom is -0.494 e. The van der Waals surface area contributed by atoms with Crippen molar-refractivity contribution in [1.29, 1.82) is 0 Å². The average molecular weight is 294 g/mol. The largest absolute Gasteiger partial charge is 0.494 e. The zero-order valence-electron chi connectivity index (χ0n) is 10.7. The number of methoxy groups -OCH3 is 1. The summed E-state index contributed by atoms with van der Waals surface area (Å²) in [4.78, 5) is 4.37. The molecular formula is C15H13Cl2NO. The summed E-state index contributed by atoms with van der Waals surface area (Å²) >= 11 is 12.1. The molecule has 19 heavy (non-hydrogen) atoms. The summed E-state index contributed by atoms with van der Waals surface area (Å²) in [6.07, 6.45) is 1.72. The van der Waals surface area contributed by atoms with Crippen LogP contribution in [0, 0.1) is 6.92 Å². The Morgan fingerprint density at radius 1 is 1.05 bits per heavy atom. The Kier molecular flexibility index (Phi) is 4.46. The fourth-order valence-electron chi connectivity index (χ4n) is 1.63. The van der Waals surface area contributed by atoms with Gasteiger partial charge in [-0.2, -0.15) is 0 Å². The summed E-state index contributed by atoms with van der Waals surface area (Å²) in [5.41, 5.74) is 2.92. The maximum atomic E-state index is 6.07. The van der Waals surface area contributed by atoms with Crippen molar-refractivity contribution < 1.29 is 4.74 Å². The van der Waals surface area contributed by atoms with Crippen LogP contribution in [-0.4, -0.2) is 13.3 Å². The lowest BCUT2D eigenvalue weighted by Crippen LogP contribution is -1.88. The molecule has 2 rings (SSSR count). The monoisotopic (exact) mass is 293 g/mol. The van der Waals surface area contributed by atoms with Gasteiger partial charge in [-0.05, 0) is 36.8 Å². The van der Waals surface area contributed by atoms with Gasteiger partial charge in [0.2, 0.25) is 0 Å². The number of aryl methyl sites for hydroxylation is 1. The van der Waals surface area contributed by atoms with Crippen molar-refractivity contribution in [1.82, 2.24) is 0 Å². The molecular weight excluding hydrogens is 281 g/mol. The predicted molar refractivity (Wildman–Crippen MR) is 81.4 cm³/mol. The number of nitrogens with zero attached hydrogens (tertiary/aromatic N) is 1. The van der Waals surface area contributed by atoms with Gasteiger partial charge in [0, 0.05) is 6.21 Å². The highest BCUT2D eigenvalue weighted by Crippen LogP contribution is 2.33. The third kappa shape index (κ3) is 3.49. The molecule has 0 saturated heterocycles. The second-order valence-electron chi connectivity index (χ2n) is 4.11. The first-order valence-corrected chi connectivity index (χ1v) is 6.49. The first-order valence-electron chi connectivity index (χ1n) is 5.74. The molecule has 4 heteroatoms. The maximum absolute atomic E-state index is 6.07. The normalized spacial score (nSPS) is 10.9. The second-order valence-corrected chi connectivity index (χ2v) is 4.93. The van der Waals surface area contributed by atoms with E-state index in [1.165, 1.54) is 12.7 Å². The lowest BCUT2D eigenvalue weighted by atomic mass is 10.2. The Balaban J connectivity index is 2.26. The van der Waals surface area contributed by atoms with E-state index in [1.54, 1.807) is 18.3 Å². The van der Waals surface area contributed by atoms with E-state index in [4.69, 9.17) is 27.9 Å². The molecule has 0 aromatic heterocycles. The van der Waals surface area contributed by atoms with Crippen LogP contribution in [0.4, 0.5) is 5.69 Å². The number of ether oxygens (including phenoxy) is 1. The van der Waals surface area contributed by atoms with Crippen LogP contribution < -0.4 is 4.74 Å². The first-order chi connectivity index (χ1) is 9.10. The summed E-state index contributed by atoms with van der Waals surface area (Å²) in [5.74, 6) is 0.482. The van der Waals surface area contributed by atoms with Crippen LogP contribution in [-0.2, 0) is 0 Å². The van der Waals surface area contributed by atoms with E-state index < -0.39 is 0 Å². The molecule has 0 N–H and O–H groups in total. The van der Waals surface area contributed by atoms with Crippen LogP contribution in [0.3, 0.4) is 0 Å². The molecule has 0 heterocycles. The number of aliphatic imine (C=N–C) groups is 1. The summed E-state index contributed by atoms with van der Waals surface area (Å²) in [5, 5.41) is 0.945. The minimum atomic E-state index is 0.473. The molecule has 0 bridgehead atoms. The second kappa shape index (κ2) is 6.09. The number of rotatable bonds is 3. The van der Waals surface area contributed by atoms with E-state index in [9.17, 15) is 0 Å². The third-order valence-corrected chi connectivity index (χ3v) is 3.18. The van der Waals surface area contributed by atoms with Gasteiger partial charge in [-0.3, -0.25) is 4.99 Å². The van der Waals surface area contributed by atoms with Crippen LogP contribution >= 0.6 is 23.2 Å². The van der Waals surface area contributed by atoms with Crippen LogP contribution in [0.2, 0.25) is 10.0 Å². The van der Waals surface area contributed by atoms with E-state index in [-0.39, 0.29) is 0 Å². The molecule has 0 saturated carbocycles. The zero-order chi connectivity index (χ0) is 13.8. The van der Waals surface area contributed by atoms with Gasteiger partial charge in [0.15, 0.2) is 5.75 Å². The predicted octanol–water partition coefficient (Wildman–Crippen LogP) is 5.06. The van der Waals surface area contributed by atoms with E-state index in [1.807, 2.05) is 31.2 Å². The molecule has 98 valence electrons. The highest BCUT2D eigenvalue weighted by Gasteiger charge is 2.07. The lowest BCUT2D eigenvalue weighted by molar-refractivity contribution is 0.415. The van der Waals surface area contributed by atoms with E-state index in [2.05, 4.69) is 4.99 Å². The number of benzene rings is 2. The van der Waals surface area contributed by atoms with Crippen molar-refractivity contribution in [3.63, 3.8) is 0 Å². The van der Waals surface area contributed by atoms with Crippen LogP contribution in [0.1, 0.15) is 11.1 Å². The molecule has 0 radical (unpaired) electrons. The summed E-state index contributed by atoms with van der Waals surface area (Å²) < 4.78 is 5.10. The van der Waals surface area contributed by atoms with Crippen molar-refractivity contribution in [3.05, 3.63) is 57.6 Å². The summed E-state index contributed by atoms with van der Waals surface area (Å²) in [7, 11) is 1.53. The van der Waals surface area contributed by atoms with Crippen LogP contribution in [0.5, 0.6) is 5.75 Å². The van der Waals surface area contributed by atoms with Crippen LogP contribution in [0.25, 0.3) is 0 Å². The third-order valence-electron chi connectivity index (χ3n) is 2.62. The summed E-state index contributed by atoms with van der Waals surface area (Å²) in [6.45, 7) is 2.04. The van der Waals surface area contributed by atoms with Gasteiger partial charge in [0.1, 0.15) is 0 Å². The van der Waals surface area contributed by atoms with Gasteiger partial charge < -0.3 is 4.74 Å². The van der Waals surface area contributed by atoms with Gasteiger partial charge in [0.05, 0.1) is 22.8 Å². The van der Waals surface area contributed by atoms with Crippen molar-refractivity contribution >= 4 is 35.1 Å². The Labute approximate surface area is 122 Å². The van der Waals surface area contributed by atoms with Crippen LogP contribution in [0.15, 0.2) is 41.4 Å². The van der Waals surface area contributed by atoms with Gasteiger partial charge in [-0.15, -0.1) is 0 Å². The number of halogens is 2. The zero-order valence-corrected chi connectivity index (χ0v) is 12.2. The van der Waals surface area contributed by atoms with Gasteiger partial charge >= 0.3 is 0 Å². The quantitative estimate of drug-likeness (QED) is 0.725. The SMILES string of the molecule is COc1c(Cl)cc(C=Nc2ccc(C)cc2)cc1Cl. The van der Waals surface area contributed by atoms with Crippen molar-refractivity contribution in [2.24, 2.45) is 4.99 Å². The standard InChI is InChI=1S/C15H13Cl2NO/c1-10-3-5-12(6-4-10)18-9-11-7-13(16)15(19-2)14(17)8-11/h3-9H,1-2H3. The van der Waals surface area contributed by atoms with Gasteiger partial charge in [0.25, 0.3) is 0 Å². The lowest BCUT2D eigenvalue weighted by Gasteiger charge is -2.06. The molecule has 0 spiro atoms. The topological polar surface area (TPSA) is 21.6 Å². The minimum absolute atomic E-state index is 0.473. The molecule has 0 aliphatic rings. The molecule has 2 nitrogen and oxygen atoms in total. The molecule has 2 aromatic carbocycles. The van der Waals surface area contributed by atoms with Crippen molar-refractivity contribution in [2.45, 2.75) is 6.92 Å².